The highest BCUT2D eigenvalue weighted by Crippen LogP contribution is 2.30. The number of nitrogens with one attached hydrogen (secondary N) is 2. The summed E-state index contributed by atoms with van der Waals surface area (Å²) in [4.78, 5) is 60.0. The van der Waals surface area contributed by atoms with Crippen molar-refractivity contribution in [3.05, 3.63) is 230 Å². The summed E-state index contributed by atoms with van der Waals surface area (Å²) in [6, 6.07) is 25.0. The summed E-state index contributed by atoms with van der Waals surface area (Å²) in [5.74, 6) is -6.08. The average molecular weight is 1470 g/mol. The predicted octanol–water partition coefficient (Wildman–Crippen LogP) is 12.6. The normalized spacial score (nSPS) is 12.7. The molecule has 22 nitrogen and oxygen atoms in total. The fourth-order valence-electron chi connectivity index (χ4n) is 10.1. The highest BCUT2D eigenvalue weighted by Gasteiger charge is 2.28. The zero-order valence-corrected chi connectivity index (χ0v) is 59.3. The smallest absolute Gasteiger partial charge is 0.407 e. The molecule has 12 N–H and O–H groups in total. The van der Waals surface area contributed by atoms with Crippen LogP contribution in [0.4, 0.5) is 44.3 Å². The topological polar surface area (TPSA) is 326 Å². The lowest BCUT2D eigenvalue weighted by atomic mass is 9.99. The molecule has 0 spiro atoms. The number of aryl methyl sites for hydroxylation is 6. The number of hydrogen-bond acceptors (Lipinski definition) is 15. The minimum atomic E-state index is -1.11. The molecule has 0 radical (unpaired) electrons. The molecule has 0 bridgehead atoms. The second kappa shape index (κ2) is 37.6. The number of aromatic nitrogens is 6. The van der Waals surface area contributed by atoms with Crippen LogP contribution in [-0.2, 0) is 31.2 Å². The number of ether oxygens (including phenoxy) is 4. The van der Waals surface area contributed by atoms with Gasteiger partial charge >= 0.3 is 18.0 Å². The summed E-state index contributed by atoms with van der Waals surface area (Å²) in [5.41, 5.74) is 24.9. The van der Waals surface area contributed by atoms with Crippen LogP contribution in [0.2, 0.25) is 0 Å². The Morgan fingerprint density at radius 3 is 1.14 bits per heavy atom. The van der Waals surface area contributed by atoms with Crippen molar-refractivity contribution >= 4 is 40.9 Å². The molecule has 564 valence electrons. The average Bonchev–Trinajstić information content (AvgIpc) is 1.65. The third kappa shape index (κ3) is 22.9. The molecule has 4 aromatic carbocycles. The minimum Gasteiger partial charge on any atom is -0.485 e. The van der Waals surface area contributed by atoms with Crippen molar-refractivity contribution in [1.29, 1.82) is 0 Å². The number of carbonyl (C=O) groups excluding carboxylic acids is 2. The Labute approximate surface area is 599 Å². The zero-order chi connectivity index (χ0) is 77.7. The number of carbonyl (C=O) groups is 4. The molecule has 10 rings (SSSR count). The predicted molar refractivity (Wildman–Crippen MR) is 376 cm³/mol. The first-order valence-electron chi connectivity index (χ1n) is 32.7. The van der Waals surface area contributed by atoms with Gasteiger partial charge in [0.1, 0.15) is 67.0 Å². The molecule has 10 aromatic rings. The van der Waals surface area contributed by atoms with E-state index < -0.39 is 88.8 Å². The number of rotatable bonds is 25. The molecular weight excluding hydrogens is 1390 g/mol. The number of carboxylic acids is 2. The lowest BCUT2D eigenvalue weighted by molar-refractivity contribution is 0.0677. The molecule has 105 heavy (non-hydrogen) atoms. The van der Waals surface area contributed by atoms with Gasteiger partial charge in [0, 0.05) is 49.3 Å². The SMILES string of the molecule is CC(CN)(CCF)NC(=O)OCc1ccccc1.CC(N)(CN)CCF.Cc1cc(OCc2c(F)cccc2F)c2nc(C)c(C(=O)NCC(C)(N)CCF)n2c1.Cc1cc(OCc2c(F)cccc2F)c2nc(C)c(C(=O)O)n2c1.Cc1cc(OCc2c(F)cccc2F)c2nc(C)c(C(=O)O)n2c1. The number of alkyl halides is 3. The van der Waals surface area contributed by atoms with Crippen LogP contribution in [0, 0.1) is 76.4 Å². The van der Waals surface area contributed by atoms with Gasteiger partial charge in [0.25, 0.3) is 5.91 Å². The number of fused-ring (bicyclic) bond motifs is 3. The van der Waals surface area contributed by atoms with Crippen LogP contribution >= 0.6 is 0 Å². The van der Waals surface area contributed by atoms with Gasteiger partial charge < -0.3 is 62.7 Å². The van der Waals surface area contributed by atoms with Crippen LogP contribution < -0.4 is 47.8 Å². The summed E-state index contributed by atoms with van der Waals surface area (Å²) in [7, 11) is 0. The van der Waals surface area contributed by atoms with E-state index in [0.29, 0.717) is 35.7 Å². The second-order valence-corrected chi connectivity index (χ2v) is 25.4. The van der Waals surface area contributed by atoms with Crippen LogP contribution in [0.15, 0.2) is 122 Å². The van der Waals surface area contributed by atoms with Gasteiger partial charge in [-0.25, -0.2) is 55.7 Å². The lowest BCUT2D eigenvalue weighted by Gasteiger charge is -2.27. The minimum absolute atomic E-state index is 0.0237. The molecule has 3 atom stereocenters. The van der Waals surface area contributed by atoms with E-state index in [2.05, 4.69) is 25.6 Å². The highest BCUT2D eigenvalue weighted by atomic mass is 19.2. The largest absolute Gasteiger partial charge is 0.485 e. The maximum absolute atomic E-state index is 13.9. The number of hydrogen-bond donors (Lipinski definition) is 8. The fourth-order valence-corrected chi connectivity index (χ4v) is 10.1. The molecule has 0 saturated heterocycles. The number of imidazole rings is 3. The summed E-state index contributed by atoms with van der Waals surface area (Å²) in [6.45, 7) is 13.5. The second-order valence-electron chi connectivity index (χ2n) is 25.4. The Morgan fingerprint density at radius 2 is 0.819 bits per heavy atom. The number of nitrogens with two attached hydrogens (primary N) is 4. The van der Waals surface area contributed by atoms with E-state index in [1.807, 2.05) is 30.3 Å². The van der Waals surface area contributed by atoms with Gasteiger partial charge in [0.15, 0.2) is 45.6 Å². The van der Waals surface area contributed by atoms with E-state index in [1.54, 1.807) is 104 Å². The number of benzene rings is 4. The van der Waals surface area contributed by atoms with E-state index >= 15 is 0 Å². The fraction of sp³-hybridized carbons (Fsp3) is 0.338. The van der Waals surface area contributed by atoms with Gasteiger partial charge in [-0.15, -0.1) is 0 Å². The number of alkyl carbamates (subject to hydrolysis) is 1. The van der Waals surface area contributed by atoms with E-state index in [0.717, 1.165) is 58.7 Å². The van der Waals surface area contributed by atoms with Crippen LogP contribution in [0.1, 0.15) is 128 Å². The standard InChI is InChI=1S/C22H25F3N4O2.2C17H14F2N2O3.C13H19FN2O2.C5H13FN2/c1-13-9-18(31-11-15-16(24)5-4-6-17(15)25)20-28-14(2)19(29(20)10-13)21(30)27-12-22(3,26)7-8-23;2*1-9-6-14(24-8-11-12(18)4-3-5-13(11)19)16-20-10(2)15(17(22)23)21(16)7-9;1-13(10-15,7-8-14)16-12(17)18-9-11-5-3-2-4-6-11;1-5(8,4-7)2-3-6/h4-6,9-10H,7-8,11-12,26H2,1-3H3,(H,27,30);2*3-7H,8H2,1-2H3,(H,22,23);2-6H,7-10,15H2,1H3,(H,16,17);2-4,7-8H2,1H3. The molecule has 0 fully saturated rings. The monoisotopic (exact) mass is 1470 g/mol. The van der Waals surface area contributed by atoms with Gasteiger partial charge in [-0.1, -0.05) is 48.5 Å². The first-order chi connectivity index (χ1) is 49.6. The van der Waals surface area contributed by atoms with Gasteiger partial charge in [-0.3, -0.25) is 31.2 Å². The van der Waals surface area contributed by atoms with Crippen molar-refractivity contribution in [3.63, 3.8) is 0 Å². The van der Waals surface area contributed by atoms with Crippen molar-refractivity contribution < 1.29 is 87.9 Å². The Kier molecular flexibility index (Phi) is 29.8. The molecule has 6 heterocycles. The first kappa shape index (κ1) is 83.2. The zero-order valence-electron chi connectivity index (χ0n) is 59.3. The third-order valence-electron chi connectivity index (χ3n) is 16.1. The number of amides is 2. The van der Waals surface area contributed by atoms with Crippen LogP contribution in [0.25, 0.3) is 16.9 Å². The Morgan fingerprint density at radius 1 is 0.476 bits per heavy atom. The summed E-state index contributed by atoms with van der Waals surface area (Å²) < 4.78 is 145. The summed E-state index contributed by atoms with van der Waals surface area (Å²) in [5, 5.41) is 23.9. The molecular formula is C74H85F9N12O10. The van der Waals surface area contributed by atoms with Crippen LogP contribution in [0.3, 0.4) is 0 Å². The van der Waals surface area contributed by atoms with Gasteiger partial charge in [-0.2, -0.15) is 0 Å². The van der Waals surface area contributed by atoms with E-state index in [9.17, 15) is 68.9 Å². The van der Waals surface area contributed by atoms with E-state index in [4.69, 9.17) is 41.9 Å². The number of nitrogens with zero attached hydrogens (tertiary/aromatic N) is 6. The van der Waals surface area contributed by atoms with E-state index in [-0.39, 0.29) is 121 Å². The van der Waals surface area contributed by atoms with Gasteiger partial charge in [-0.05, 0) is 158 Å². The van der Waals surface area contributed by atoms with Crippen molar-refractivity contribution in [2.45, 2.75) is 125 Å². The van der Waals surface area contributed by atoms with Crippen LogP contribution in [-0.4, -0.2) is 119 Å². The lowest BCUT2D eigenvalue weighted by Crippen LogP contribution is -2.51. The van der Waals surface area contributed by atoms with E-state index in [1.165, 1.54) is 27.0 Å². The Bertz CT molecular complexity index is 4440. The molecule has 3 unspecified atom stereocenters. The number of halogens is 9. The molecule has 0 aliphatic heterocycles. The number of pyridine rings is 3. The molecule has 0 saturated carbocycles. The third-order valence-corrected chi connectivity index (χ3v) is 16.1. The maximum atomic E-state index is 13.9. The molecule has 2 amide bonds. The summed E-state index contributed by atoms with van der Waals surface area (Å²) in [6.07, 6.45) is 5.01. The number of carboxylic acid groups (broad SMARTS) is 2. The van der Waals surface area contributed by atoms with Crippen molar-refractivity contribution in [2.24, 2.45) is 22.9 Å². The van der Waals surface area contributed by atoms with Crippen LogP contribution in [0.5, 0.6) is 17.2 Å². The summed E-state index contributed by atoms with van der Waals surface area (Å²) >= 11 is 0. The Balaban J connectivity index is 0.000000215. The van der Waals surface area contributed by atoms with Crippen molar-refractivity contribution in [1.82, 2.24) is 38.8 Å². The van der Waals surface area contributed by atoms with Gasteiger partial charge in [0.05, 0.1) is 59.3 Å². The Hall–Kier alpha value is -10.8. The number of aromatic carboxylic acids is 2. The quantitative estimate of drug-likeness (QED) is 0.0246. The molecule has 6 aromatic heterocycles. The van der Waals surface area contributed by atoms with Crippen molar-refractivity contribution in [3.8, 4) is 17.2 Å². The first-order valence-corrected chi connectivity index (χ1v) is 32.7. The maximum Gasteiger partial charge on any atom is 0.407 e. The molecule has 31 heteroatoms. The highest BCUT2D eigenvalue weighted by molar-refractivity contribution is 5.95. The molecule has 0 aliphatic carbocycles. The van der Waals surface area contributed by atoms with Gasteiger partial charge in [0.2, 0.25) is 0 Å². The molecule has 0 aliphatic rings. The van der Waals surface area contributed by atoms with Crippen molar-refractivity contribution in [2.75, 3.05) is 39.7 Å².